The van der Waals surface area contributed by atoms with Gasteiger partial charge in [-0.25, -0.2) is 24.0 Å². The van der Waals surface area contributed by atoms with E-state index in [0.29, 0.717) is 24.5 Å². The molecule has 4 saturated heterocycles. The van der Waals surface area contributed by atoms with Gasteiger partial charge in [0.15, 0.2) is 0 Å². The lowest BCUT2D eigenvalue weighted by Gasteiger charge is -2.27. The summed E-state index contributed by atoms with van der Waals surface area (Å²) in [6.45, 7) is 7.55. The fraction of sp³-hybridized carbons (Fsp3) is 0.545. The summed E-state index contributed by atoms with van der Waals surface area (Å²) >= 11 is 0. The summed E-state index contributed by atoms with van der Waals surface area (Å²) in [7, 11) is -16.6. The van der Waals surface area contributed by atoms with Gasteiger partial charge in [-0.1, -0.05) is 0 Å². The van der Waals surface area contributed by atoms with E-state index in [1.807, 2.05) is 0 Å². The Balaban J connectivity index is 0.000000196. The van der Waals surface area contributed by atoms with Crippen molar-refractivity contribution in [2.75, 3.05) is 95.3 Å². The van der Waals surface area contributed by atoms with Crippen molar-refractivity contribution in [2.24, 2.45) is 0 Å². The Hall–Kier alpha value is -5.61. The van der Waals surface area contributed by atoms with Crippen LogP contribution in [0.25, 0.3) is 0 Å². The average Bonchev–Trinajstić information content (AvgIpc) is 3.14. The lowest BCUT2D eigenvalue weighted by molar-refractivity contribution is -0.00863. The molecule has 4 aliphatic rings. The molecule has 4 aliphatic heterocycles. The number of aromatic nitrogens is 10. The van der Waals surface area contributed by atoms with E-state index in [1.165, 1.54) is 55.5 Å². The molecule has 11 N–H and O–H groups in total. The van der Waals surface area contributed by atoms with E-state index in [0.717, 1.165) is 4.57 Å². The zero-order valence-electron chi connectivity index (χ0n) is 46.7. The highest BCUT2D eigenvalue weighted by Gasteiger charge is 2.32. The normalized spacial score (nSPS) is 25.9. The number of ether oxygens (including phenoxy) is 5. The molecule has 86 heavy (non-hydrogen) atoms. The molecule has 9 rings (SSSR count). The van der Waals surface area contributed by atoms with Crippen molar-refractivity contribution in [2.45, 2.75) is 77.1 Å². The molecule has 0 aromatic carbocycles. The van der Waals surface area contributed by atoms with Gasteiger partial charge >= 0.3 is 51.2 Å². The van der Waals surface area contributed by atoms with E-state index in [9.17, 15) is 46.8 Å². The molecule has 0 saturated carbocycles. The molecular weight excluding hydrogens is 1250 g/mol. The second kappa shape index (κ2) is 32.0. The molecule has 5 aromatic rings. The van der Waals surface area contributed by atoms with Gasteiger partial charge in [0.05, 0.1) is 71.9 Å². The van der Waals surface area contributed by atoms with Crippen LogP contribution < -0.4 is 45.6 Å². The summed E-state index contributed by atoms with van der Waals surface area (Å²) in [6, 6.07) is 7.88. The number of nitrogens with two attached hydrogens (primary N) is 3. The Labute approximate surface area is 488 Å². The number of aliphatic hydroxyl groups excluding tert-OH is 1. The first kappa shape index (κ1) is 71.1. The first-order valence-corrected chi connectivity index (χ1v) is 35.2. The van der Waals surface area contributed by atoms with E-state index in [-0.39, 0.29) is 112 Å². The van der Waals surface area contributed by atoms with Crippen molar-refractivity contribution < 1.29 is 89.3 Å². The third-order valence-corrected chi connectivity index (χ3v) is 16.6. The van der Waals surface area contributed by atoms with Crippen LogP contribution in [0.2, 0.25) is 0 Å². The standard InChI is InChI=1S/C10H15N2O4P.C9H14N3O4P.C9H13N2O5P.C8H14N3O6P.C8H12N3O5P/c1-8-3-4-12(10(13)11-8)5-9-6-16-17(2,14)7-15-9;1-17(14)6-15-7(5-16-17)4-12-3-2-8(10)11-9(12)13;1-7-2-3-11(9(12)10-7)4-8-5-16-17(13,14)6-15-8;9-7-1-2-11(8(13)10-7)3-6(4-12)17-5-18(14,15)16;9-7-1-2-11(8(12)10-7)3-6-4-16-17(13,14)5-15-6/h3-4,9H,5-7H2,1-2H3;2-3,7H,4-6H2,1H3,(H2,10,11,13);2-3,8H,4-6H2,1H3,(H,13,14);1-2,6,12H,3-5H2,(H2,9,10,13)(H2,14,15,16);1-2,6H,3-5H2,(H,13,14)(H2,9,10,12)/t9-,17?;7-,17?;8-;2*6-/m00000/s1. The number of hydrogen-bond donors (Lipinski definition) is 8. The molecule has 42 heteroatoms. The van der Waals surface area contributed by atoms with E-state index in [4.69, 9.17) is 83.7 Å². The Kier molecular flexibility index (Phi) is 26.5. The van der Waals surface area contributed by atoms with Gasteiger partial charge in [0, 0.05) is 55.7 Å². The SMILES string of the molecule is CP1(=O)CO[C@@H](Cn2ccc(N)nc2=O)CO1.Cc1ccn(C[C@H]2COP(=O)(O)CO2)c(=O)n1.Cc1ccn(C[C@H]2COP(C)(=O)CO2)c(=O)n1.Nc1ccn(C[C@@H](CO)OCP(=O)(O)O)c(=O)n1.Nc1ccn(C[C@H]2COP(=O)(O)CO2)c(=O)n1. The number of aryl methyl sites for hydroxylation is 2. The minimum atomic E-state index is -4.31. The topological polar surface area (TPSA) is 522 Å². The third-order valence-electron chi connectivity index (χ3n) is 11.4. The molecule has 4 unspecified atom stereocenters. The average molecular weight is 1320 g/mol. The van der Waals surface area contributed by atoms with Crippen LogP contribution in [0.3, 0.4) is 0 Å². The van der Waals surface area contributed by atoms with Crippen molar-refractivity contribution in [3.63, 3.8) is 0 Å². The predicted molar refractivity (Wildman–Crippen MR) is 304 cm³/mol. The van der Waals surface area contributed by atoms with E-state index < -0.39 is 85.9 Å². The molecule has 5 aromatic heterocycles. The van der Waals surface area contributed by atoms with Crippen LogP contribution in [0.5, 0.6) is 0 Å². The van der Waals surface area contributed by atoms with Gasteiger partial charge in [0.25, 0.3) is 0 Å². The predicted octanol–water partition coefficient (Wildman–Crippen LogP) is -1.23. The number of nitrogen functional groups attached to an aromatic ring is 3. The minimum absolute atomic E-state index is 0.00586. The van der Waals surface area contributed by atoms with Gasteiger partial charge < -0.3 is 83.7 Å². The maximum Gasteiger partial charge on any atom is 0.353 e. The Bertz CT molecular complexity index is 3220. The van der Waals surface area contributed by atoms with E-state index >= 15 is 0 Å². The number of hydrogen-bond acceptors (Lipinski definition) is 28. The molecule has 9 atom stereocenters. The summed E-state index contributed by atoms with van der Waals surface area (Å²) < 4.78 is 108. The molecule has 0 spiro atoms. The van der Waals surface area contributed by atoms with Gasteiger partial charge in [0.1, 0.15) is 73.6 Å². The third kappa shape index (κ3) is 25.6. The van der Waals surface area contributed by atoms with Crippen molar-refractivity contribution >= 4 is 55.0 Å². The first-order chi connectivity index (χ1) is 40.2. The summed E-state index contributed by atoms with van der Waals surface area (Å²) in [4.78, 5) is 111. The van der Waals surface area contributed by atoms with Gasteiger partial charge in [-0.15, -0.1) is 0 Å². The minimum Gasteiger partial charge on any atom is -0.394 e. The largest absolute Gasteiger partial charge is 0.394 e. The number of nitrogens with zero attached hydrogens (tertiary/aromatic N) is 10. The van der Waals surface area contributed by atoms with Crippen molar-refractivity contribution in [3.8, 4) is 0 Å². The quantitative estimate of drug-likeness (QED) is 0.0604. The fourth-order valence-corrected chi connectivity index (χ4v) is 11.3. The summed E-state index contributed by atoms with van der Waals surface area (Å²) in [6.07, 6.45) is 4.01. The second-order valence-corrected chi connectivity index (χ2v) is 29.6. The molecular formula is C44H68N13O24P5. The van der Waals surface area contributed by atoms with Crippen molar-refractivity contribution in [3.05, 3.63) is 125 Å². The van der Waals surface area contributed by atoms with Crippen LogP contribution >= 0.6 is 37.5 Å². The summed E-state index contributed by atoms with van der Waals surface area (Å²) in [5.74, 6) is 0.393. The Morgan fingerprint density at radius 1 is 0.535 bits per heavy atom. The molecule has 0 aliphatic carbocycles. The van der Waals surface area contributed by atoms with Gasteiger partial charge in [-0.2, -0.15) is 24.9 Å². The van der Waals surface area contributed by atoms with E-state index in [2.05, 4.69) is 24.9 Å². The second-order valence-electron chi connectivity index (χ2n) is 19.3. The van der Waals surface area contributed by atoms with Crippen LogP contribution in [0, 0.1) is 13.8 Å². The smallest absolute Gasteiger partial charge is 0.353 e. The molecule has 0 bridgehead atoms. The van der Waals surface area contributed by atoms with Crippen LogP contribution in [0.15, 0.2) is 85.3 Å². The molecule has 4 fully saturated rings. The molecule has 9 heterocycles. The molecule has 37 nitrogen and oxygen atoms in total. The Morgan fingerprint density at radius 3 is 1.10 bits per heavy atom. The number of aliphatic hydroxyl groups is 1. The molecule has 478 valence electrons. The zero-order valence-corrected chi connectivity index (χ0v) is 51.2. The van der Waals surface area contributed by atoms with Crippen LogP contribution in [0.1, 0.15) is 11.4 Å². The zero-order chi connectivity index (χ0) is 63.6. The molecule has 0 amide bonds. The monoisotopic (exact) mass is 1320 g/mol. The van der Waals surface area contributed by atoms with Crippen molar-refractivity contribution in [1.29, 1.82) is 0 Å². The van der Waals surface area contributed by atoms with Crippen LogP contribution in [-0.2, 0) is 97.3 Å². The summed E-state index contributed by atoms with van der Waals surface area (Å²) in [5, 5.41) is 8.99. The van der Waals surface area contributed by atoms with Crippen LogP contribution in [-0.4, -0.2) is 181 Å². The maximum absolute atomic E-state index is 11.5. The lowest BCUT2D eigenvalue weighted by atomic mass is 10.3. The van der Waals surface area contributed by atoms with Crippen LogP contribution in [0.4, 0.5) is 17.5 Å². The van der Waals surface area contributed by atoms with Gasteiger partial charge in [0.2, 0.25) is 14.7 Å². The van der Waals surface area contributed by atoms with E-state index in [1.54, 1.807) is 51.2 Å². The van der Waals surface area contributed by atoms with Gasteiger partial charge in [-0.3, -0.25) is 45.7 Å². The lowest BCUT2D eigenvalue weighted by Crippen LogP contribution is -2.34. The molecule has 0 radical (unpaired) electrons. The highest BCUT2D eigenvalue weighted by atomic mass is 31.2. The summed E-state index contributed by atoms with van der Waals surface area (Å²) in [5.41, 5.74) is 15.1. The highest BCUT2D eigenvalue weighted by molar-refractivity contribution is 7.58. The highest BCUT2D eigenvalue weighted by Crippen LogP contribution is 2.47. The fourth-order valence-electron chi connectivity index (χ4n) is 7.04. The van der Waals surface area contributed by atoms with Crippen molar-refractivity contribution in [1.82, 2.24) is 47.8 Å². The number of anilines is 3. The van der Waals surface area contributed by atoms with Gasteiger partial charge in [-0.05, 0) is 44.2 Å². The number of rotatable bonds is 14. The Morgan fingerprint density at radius 2 is 0.837 bits per heavy atom. The maximum atomic E-state index is 11.5. The first-order valence-electron chi connectivity index (χ1n) is 25.3.